The summed E-state index contributed by atoms with van der Waals surface area (Å²) in [4.78, 5) is 4.50. The molecule has 29 heavy (non-hydrogen) atoms. The average molecular weight is 541 g/mol. The fourth-order valence-corrected chi connectivity index (χ4v) is 3.70. The lowest BCUT2D eigenvalue weighted by Crippen LogP contribution is -2.37. The van der Waals surface area contributed by atoms with E-state index in [0.29, 0.717) is 23.3 Å². The van der Waals surface area contributed by atoms with E-state index in [1.54, 1.807) is 26.2 Å². The average Bonchev–Trinajstić information content (AvgIpc) is 2.66. The highest BCUT2D eigenvalue weighted by Crippen LogP contribution is 2.17. The summed E-state index contributed by atoms with van der Waals surface area (Å²) in [5.74, 6) is 1.26. The molecular weight excluding hydrogens is 503 g/mol. The zero-order chi connectivity index (χ0) is 21.2. The summed E-state index contributed by atoms with van der Waals surface area (Å²) in [5, 5.41) is 6.48. The van der Waals surface area contributed by atoms with E-state index in [2.05, 4.69) is 29.5 Å². The summed E-state index contributed by atoms with van der Waals surface area (Å²) in [5.41, 5.74) is 0.981. The minimum atomic E-state index is -3.45. The van der Waals surface area contributed by atoms with Crippen LogP contribution in [0, 0.1) is 5.92 Å². The topological polar surface area (TPSA) is 83.0 Å². The smallest absolute Gasteiger partial charge is 0.243 e. The van der Waals surface area contributed by atoms with Gasteiger partial charge in [-0.2, -0.15) is 4.31 Å². The Bertz CT molecular complexity index is 707. The number of nitrogens with one attached hydrogen (secondary N) is 2. The van der Waals surface area contributed by atoms with Crippen LogP contribution in [0.3, 0.4) is 0 Å². The maximum absolute atomic E-state index is 12.5. The Balaban J connectivity index is 0.00000784. The standard InChI is InChI=1S/C20H36N4O3S.HI/c1-16(2)15-27-13-7-12-22-20(21-5)23-14-18-8-10-19(11-9-18)28(25,26)24(6)17(3)4;/h8-11,16-17H,7,12-15H2,1-6H3,(H2,21,22,23);1H. The van der Waals surface area contributed by atoms with E-state index in [1.165, 1.54) is 4.31 Å². The molecule has 7 nitrogen and oxygen atoms in total. The van der Waals surface area contributed by atoms with Crippen LogP contribution >= 0.6 is 24.0 Å². The van der Waals surface area contributed by atoms with Gasteiger partial charge in [0.15, 0.2) is 5.96 Å². The van der Waals surface area contributed by atoms with E-state index in [9.17, 15) is 8.42 Å². The maximum atomic E-state index is 12.5. The van der Waals surface area contributed by atoms with Crippen molar-refractivity contribution in [1.82, 2.24) is 14.9 Å². The molecule has 0 fully saturated rings. The first-order valence-electron chi connectivity index (χ1n) is 9.77. The minimum Gasteiger partial charge on any atom is -0.381 e. The van der Waals surface area contributed by atoms with Crippen LogP contribution in [0.25, 0.3) is 0 Å². The molecule has 0 heterocycles. The molecule has 0 amide bonds. The predicted octanol–water partition coefficient (Wildman–Crippen LogP) is 3.06. The van der Waals surface area contributed by atoms with Gasteiger partial charge in [-0.25, -0.2) is 8.42 Å². The second kappa shape index (κ2) is 14.2. The van der Waals surface area contributed by atoms with Crippen LogP contribution in [0.15, 0.2) is 34.2 Å². The van der Waals surface area contributed by atoms with Gasteiger partial charge in [-0.3, -0.25) is 4.99 Å². The van der Waals surface area contributed by atoms with Crippen LogP contribution in [0.5, 0.6) is 0 Å². The first kappa shape index (κ1) is 28.1. The van der Waals surface area contributed by atoms with Crippen LogP contribution in [0.2, 0.25) is 0 Å². The van der Waals surface area contributed by atoms with Crippen molar-refractivity contribution in [2.75, 3.05) is 33.9 Å². The van der Waals surface area contributed by atoms with Crippen LogP contribution in [0.1, 0.15) is 39.7 Å². The number of nitrogens with zero attached hydrogens (tertiary/aromatic N) is 2. The van der Waals surface area contributed by atoms with Crippen molar-refractivity contribution in [2.45, 2.75) is 51.6 Å². The number of halogens is 1. The third-order valence-electron chi connectivity index (χ3n) is 4.22. The van der Waals surface area contributed by atoms with Crippen molar-refractivity contribution in [2.24, 2.45) is 10.9 Å². The molecule has 1 aromatic rings. The van der Waals surface area contributed by atoms with Gasteiger partial charge in [-0.15, -0.1) is 24.0 Å². The Morgan fingerprint density at radius 2 is 1.76 bits per heavy atom. The summed E-state index contributed by atoms with van der Waals surface area (Å²) in [6.07, 6.45) is 0.906. The van der Waals surface area contributed by atoms with Gasteiger partial charge in [0.25, 0.3) is 0 Å². The molecule has 0 aliphatic carbocycles. The van der Waals surface area contributed by atoms with E-state index in [1.807, 2.05) is 26.0 Å². The summed E-state index contributed by atoms with van der Waals surface area (Å²) in [6.45, 7) is 10.8. The lowest BCUT2D eigenvalue weighted by Gasteiger charge is -2.21. The highest BCUT2D eigenvalue weighted by Gasteiger charge is 2.22. The third kappa shape index (κ3) is 10.1. The van der Waals surface area contributed by atoms with Crippen molar-refractivity contribution in [3.05, 3.63) is 29.8 Å². The van der Waals surface area contributed by atoms with E-state index < -0.39 is 10.0 Å². The van der Waals surface area contributed by atoms with Gasteiger partial charge in [0.1, 0.15) is 0 Å². The van der Waals surface area contributed by atoms with Crippen molar-refractivity contribution in [3.8, 4) is 0 Å². The number of guanidine groups is 1. The van der Waals surface area contributed by atoms with Crippen molar-refractivity contribution in [3.63, 3.8) is 0 Å². The molecule has 0 aliphatic rings. The molecule has 2 N–H and O–H groups in total. The fraction of sp³-hybridized carbons (Fsp3) is 0.650. The van der Waals surface area contributed by atoms with E-state index in [0.717, 1.165) is 31.7 Å². The number of benzene rings is 1. The monoisotopic (exact) mass is 540 g/mol. The third-order valence-corrected chi connectivity index (χ3v) is 6.27. The number of hydrogen-bond donors (Lipinski definition) is 2. The van der Waals surface area contributed by atoms with Gasteiger partial charge in [0, 0.05) is 46.4 Å². The lowest BCUT2D eigenvalue weighted by atomic mass is 10.2. The van der Waals surface area contributed by atoms with Crippen molar-refractivity contribution in [1.29, 1.82) is 0 Å². The molecule has 0 unspecified atom stereocenters. The Morgan fingerprint density at radius 3 is 2.28 bits per heavy atom. The van der Waals surface area contributed by atoms with E-state index in [-0.39, 0.29) is 30.0 Å². The quantitative estimate of drug-likeness (QED) is 0.195. The van der Waals surface area contributed by atoms with Gasteiger partial charge in [0.05, 0.1) is 4.90 Å². The second-order valence-electron chi connectivity index (χ2n) is 7.43. The molecule has 0 atom stereocenters. The van der Waals surface area contributed by atoms with Crippen molar-refractivity contribution < 1.29 is 13.2 Å². The molecule has 0 saturated heterocycles. The van der Waals surface area contributed by atoms with Gasteiger partial charge in [-0.05, 0) is 43.9 Å². The summed E-state index contributed by atoms with van der Waals surface area (Å²) >= 11 is 0. The molecule has 0 radical (unpaired) electrons. The summed E-state index contributed by atoms with van der Waals surface area (Å²) in [6, 6.07) is 6.85. The van der Waals surface area contributed by atoms with Gasteiger partial charge in [0.2, 0.25) is 10.0 Å². The minimum absolute atomic E-state index is 0. The highest BCUT2D eigenvalue weighted by atomic mass is 127. The first-order chi connectivity index (χ1) is 13.2. The Kier molecular flexibility index (Phi) is 13.7. The van der Waals surface area contributed by atoms with Gasteiger partial charge >= 0.3 is 0 Å². The summed E-state index contributed by atoms with van der Waals surface area (Å²) < 4.78 is 31.9. The maximum Gasteiger partial charge on any atom is 0.243 e. The Labute approximate surface area is 193 Å². The molecule has 9 heteroatoms. The number of rotatable bonds is 11. The number of ether oxygens (including phenoxy) is 1. The van der Waals surface area contributed by atoms with Crippen LogP contribution in [-0.4, -0.2) is 58.6 Å². The van der Waals surface area contributed by atoms with E-state index >= 15 is 0 Å². The summed E-state index contributed by atoms with van der Waals surface area (Å²) in [7, 11) is -0.131. The molecule has 0 spiro atoms. The lowest BCUT2D eigenvalue weighted by molar-refractivity contribution is 0.108. The molecular formula is C20H37IN4O3S. The molecule has 1 aromatic carbocycles. The normalized spacial score (nSPS) is 12.4. The Hall–Kier alpha value is -0.910. The molecule has 0 aliphatic heterocycles. The predicted molar refractivity (Wildman–Crippen MR) is 130 cm³/mol. The zero-order valence-electron chi connectivity index (χ0n) is 18.4. The number of hydrogen-bond acceptors (Lipinski definition) is 4. The number of sulfonamides is 1. The highest BCUT2D eigenvalue weighted by molar-refractivity contribution is 14.0. The van der Waals surface area contributed by atoms with Crippen molar-refractivity contribution >= 4 is 40.0 Å². The van der Waals surface area contributed by atoms with Crippen LogP contribution < -0.4 is 10.6 Å². The zero-order valence-corrected chi connectivity index (χ0v) is 21.6. The largest absolute Gasteiger partial charge is 0.381 e. The molecule has 0 saturated carbocycles. The van der Waals surface area contributed by atoms with Gasteiger partial charge < -0.3 is 15.4 Å². The van der Waals surface area contributed by atoms with Gasteiger partial charge in [-0.1, -0.05) is 26.0 Å². The SMILES string of the molecule is CN=C(NCCCOCC(C)C)NCc1ccc(S(=O)(=O)N(C)C(C)C)cc1.I. The second-order valence-corrected chi connectivity index (χ2v) is 9.43. The molecule has 1 rings (SSSR count). The van der Waals surface area contributed by atoms with E-state index in [4.69, 9.17) is 4.74 Å². The Morgan fingerprint density at radius 1 is 1.14 bits per heavy atom. The molecule has 0 aromatic heterocycles. The molecule has 168 valence electrons. The molecule has 0 bridgehead atoms. The van der Waals surface area contributed by atoms with Crippen LogP contribution in [-0.2, 0) is 21.3 Å². The number of aliphatic imine (C=N–C) groups is 1. The van der Waals surface area contributed by atoms with Crippen LogP contribution in [0.4, 0.5) is 0 Å². The fourth-order valence-electron chi connectivity index (χ4n) is 2.33. The first-order valence-corrected chi connectivity index (χ1v) is 11.2.